The fraction of sp³-hybridized carbons (Fsp3) is 0.583. The monoisotopic (exact) mass is 268 g/mol. The zero-order valence-electron chi connectivity index (χ0n) is 11.1. The van der Waals surface area contributed by atoms with Crippen molar-refractivity contribution in [3.05, 3.63) is 17.0 Å². The molecule has 7 nitrogen and oxygen atoms in total. The van der Waals surface area contributed by atoms with Crippen LogP contribution in [-0.2, 0) is 9.53 Å². The summed E-state index contributed by atoms with van der Waals surface area (Å²) >= 11 is 0. The summed E-state index contributed by atoms with van der Waals surface area (Å²) in [7, 11) is 0. The molecule has 0 spiro atoms. The van der Waals surface area contributed by atoms with Gasteiger partial charge in [0.15, 0.2) is 5.60 Å². The van der Waals surface area contributed by atoms with E-state index < -0.39 is 11.6 Å². The third-order valence-electron chi connectivity index (χ3n) is 3.26. The highest BCUT2D eigenvalue weighted by Gasteiger charge is 2.41. The quantitative estimate of drug-likeness (QED) is 0.844. The number of rotatable bonds is 2. The van der Waals surface area contributed by atoms with Crippen molar-refractivity contribution >= 4 is 11.9 Å². The van der Waals surface area contributed by atoms with Crippen LogP contribution in [-0.4, -0.2) is 52.3 Å². The number of morpholine rings is 1. The van der Waals surface area contributed by atoms with E-state index in [1.165, 1.54) is 11.8 Å². The SMILES string of the molecule is Cc1noc(C)c1C(=O)N1CCOC(C)(C(=O)O)C1. The molecule has 1 aliphatic heterocycles. The van der Waals surface area contributed by atoms with E-state index in [1.54, 1.807) is 13.8 Å². The molecule has 2 heterocycles. The summed E-state index contributed by atoms with van der Waals surface area (Å²) in [6.45, 7) is 5.35. The minimum absolute atomic E-state index is 0.00519. The highest BCUT2D eigenvalue weighted by atomic mass is 16.5. The zero-order valence-corrected chi connectivity index (χ0v) is 11.1. The number of aliphatic carboxylic acids is 1. The van der Waals surface area contributed by atoms with Crippen LogP contribution in [0.25, 0.3) is 0 Å². The molecule has 19 heavy (non-hydrogen) atoms. The van der Waals surface area contributed by atoms with Crippen LogP contribution >= 0.6 is 0 Å². The second-order valence-electron chi connectivity index (χ2n) is 4.81. The molecular formula is C12H16N2O5. The van der Waals surface area contributed by atoms with Crippen LogP contribution in [0.1, 0.15) is 28.7 Å². The number of hydrogen-bond acceptors (Lipinski definition) is 5. The van der Waals surface area contributed by atoms with E-state index in [2.05, 4.69) is 5.16 Å². The maximum atomic E-state index is 12.4. The molecule has 1 fully saturated rings. The van der Waals surface area contributed by atoms with Gasteiger partial charge in [-0.2, -0.15) is 0 Å². The average molecular weight is 268 g/mol. The van der Waals surface area contributed by atoms with Crippen molar-refractivity contribution in [1.29, 1.82) is 0 Å². The van der Waals surface area contributed by atoms with Crippen LogP contribution in [0.2, 0.25) is 0 Å². The van der Waals surface area contributed by atoms with Crippen molar-refractivity contribution in [2.75, 3.05) is 19.7 Å². The maximum absolute atomic E-state index is 12.4. The van der Waals surface area contributed by atoms with E-state index in [0.29, 0.717) is 23.6 Å². The lowest BCUT2D eigenvalue weighted by molar-refractivity contribution is -0.171. The molecule has 2 rings (SSSR count). The highest BCUT2D eigenvalue weighted by Crippen LogP contribution is 2.22. The number of amides is 1. The van der Waals surface area contributed by atoms with Gasteiger partial charge in [0.2, 0.25) is 0 Å². The summed E-state index contributed by atoms with van der Waals surface area (Å²) in [6, 6.07) is 0. The van der Waals surface area contributed by atoms with Crippen molar-refractivity contribution in [1.82, 2.24) is 10.1 Å². The number of aryl methyl sites for hydroxylation is 2. The molecule has 0 bridgehead atoms. The number of carboxylic acids is 1. The molecule has 104 valence electrons. The van der Waals surface area contributed by atoms with Gasteiger partial charge in [0.1, 0.15) is 11.3 Å². The van der Waals surface area contributed by atoms with Crippen molar-refractivity contribution in [3.63, 3.8) is 0 Å². The molecule has 1 N–H and O–H groups in total. The normalized spacial score (nSPS) is 23.4. The van der Waals surface area contributed by atoms with Gasteiger partial charge in [-0.1, -0.05) is 5.16 Å². The van der Waals surface area contributed by atoms with Gasteiger partial charge in [-0.25, -0.2) is 4.79 Å². The summed E-state index contributed by atoms with van der Waals surface area (Å²) in [4.78, 5) is 25.0. The second-order valence-corrected chi connectivity index (χ2v) is 4.81. The van der Waals surface area contributed by atoms with Crippen LogP contribution in [0.15, 0.2) is 4.52 Å². The molecule has 7 heteroatoms. The van der Waals surface area contributed by atoms with Gasteiger partial charge < -0.3 is 19.3 Å². The van der Waals surface area contributed by atoms with E-state index in [1.807, 2.05) is 0 Å². The standard InChI is InChI=1S/C12H16N2O5/c1-7-9(8(2)19-13-7)10(15)14-4-5-18-12(3,6-14)11(16)17/h4-6H2,1-3H3,(H,16,17). The molecule has 0 aromatic carbocycles. The predicted octanol–water partition coefficient (Wildman–Crippen LogP) is 0.607. The summed E-state index contributed by atoms with van der Waals surface area (Å²) in [5, 5.41) is 12.9. The van der Waals surface area contributed by atoms with Crippen LogP contribution < -0.4 is 0 Å². The maximum Gasteiger partial charge on any atom is 0.337 e. The van der Waals surface area contributed by atoms with E-state index in [-0.39, 0.29) is 19.1 Å². The fourth-order valence-electron chi connectivity index (χ4n) is 2.12. The van der Waals surface area contributed by atoms with Crippen LogP contribution in [0.4, 0.5) is 0 Å². The Labute approximate surface area is 110 Å². The summed E-state index contributed by atoms with van der Waals surface area (Å²) < 4.78 is 10.2. The molecular weight excluding hydrogens is 252 g/mol. The molecule has 1 aliphatic rings. The minimum atomic E-state index is -1.37. The first-order valence-electron chi connectivity index (χ1n) is 5.94. The van der Waals surface area contributed by atoms with E-state index >= 15 is 0 Å². The summed E-state index contributed by atoms with van der Waals surface area (Å²) in [5.74, 6) is -0.915. The molecule has 1 aromatic heterocycles. The molecule has 0 aliphatic carbocycles. The molecule has 1 amide bonds. The Morgan fingerprint density at radius 1 is 1.42 bits per heavy atom. The lowest BCUT2D eigenvalue weighted by atomic mass is 10.0. The number of nitrogens with zero attached hydrogens (tertiary/aromatic N) is 2. The van der Waals surface area contributed by atoms with Gasteiger partial charge >= 0.3 is 5.97 Å². The van der Waals surface area contributed by atoms with Gasteiger partial charge in [-0.3, -0.25) is 4.79 Å². The van der Waals surface area contributed by atoms with Gasteiger partial charge in [0.25, 0.3) is 5.91 Å². The topological polar surface area (TPSA) is 92.9 Å². The van der Waals surface area contributed by atoms with Crippen molar-refractivity contribution in [3.8, 4) is 0 Å². The number of aromatic nitrogens is 1. The Kier molecular flexibility index (Phi) is 3.32. The lowest BCUT2D eigenvalue weighted by Crippen LogP contribution is -2.56. The number of carboxylic acid groups (broad SMARTS) is 1. The van der Waals surface area contributed by atoms with Crippen molar-refractivity contribution in [2.45, 2.75) is 26.4 Å². The summed E-state index contributed by atoms with van der Waals surface area (Å²) in [5.41, 5.74) is -0.465. The molecule has 1 unspecified atom stereocenters. The smallest absolute Gasteiger partial charge is 0.337 e. The summed E-state index contributed by atoms with van der Waals surface area (Å²) in [6.07, 6.45) is 0. The predicted molar refractivity (Wildman–Crippen MR) is 63.9 cm³/mol. The number of hydrogen-bond donors (Lipinski definition) is 1. The van der Waals surface area contributed by atoms with E-state index in [0.717, 1.165) is 0 Å². The Bertz CT molecular complexity index is 505. The molecule has 0 saturated carbocycles. The Morgan fingerprint density at radius 2 is 2.11 bits per heavy atom. The number of carbonyl (C=O) groups is 2. The molecule has 1 aromatic rings. The first-order chi connectivity index (χ1) is 8.85. The Balaban J connectivity index is 2.23. The minimum Gasteiger partial charge on any atom is -0.479 e. The van der Waals surface area contributed by atoms with Crippen molar-refractivity contribution < 1.29 is 24.0 Å². The molecule has 1 saturated heterocycles. The van der Waals surface area contributed by atoms with Gasteiger partial charge in [0, 0.05) is 6.54 Å². The molecule has 1 atom stereocenters. The Hall–Kier alpha value is -1.89. The first-order valence-corrected chi connectivity index (χ1v) is 5.94. The van der Waals surface area contributed by atoms with Crippen LogP contribution in [0, 0.1) is 13.8 Å². The van der Waals surface area contributed by atoms with Crippen LogP contribution in [0.5, 0.6) is 0 Å². The van der Waals surface area contributed by atoms with Gasteiger partial charge in [-0.05, 0) is 20.8 Å². The largest absolute Gasteiger partial charge is 0.479 e. The highest BCUT2D eigenvalue weighted by molar-refractivity contribution is 5.96. The third kappa shape index (κ3) is 2.33. The van der Waals surface area contributed by atoms with Gasteiger partial charge in [-0.15, -0.1) is 0 Å². The zero-order chi connectivity index (χ0) is 14.2. The van der Waals surface area contributed by atoms with Crippen molar-refractivity contribution in [2.24, 2.45) is 0 Å². The number of ether oxygens (including phenoxy) is 1. The van der Waals surface area contributed by atoms with E-state index in [4.69, 9.17) is 14.4 Å². The molecule has 0 radical (unpaired) electrons. The lowest BCUT2D eigenvalue weighted by Gasteiger charge is -2.37. The van der Waals surface area contributed by atoms with Gasteiger partial charge in [0.05, 0.1) is 18.8 Å². The van der Waals surface area contributed by atoms with Crippen LogP contribution in [0.3, 0.4) is 0 Å². The second kappa shape index (κ2) is 4.65. The first kappa shape index (κ1) is 13.5. The average Bonchev–Trinajstić information content (AvgIpc) is 2.68. The third-order valence-corrected chi connectivity index (χ3v) is 3.26. The Morgan fingerprint density at radius 3 is 2.63 bits per heavy atom. The van der Waals surface area contributed by atoms with E-state index in [9.17, 15) is 9.59 Å². The fourth-order valence-corrected chi connectivity index (χ4v) is 2.12. The number of carbonyl (C=O) groups excluding carboxylic acids is 1.